The lowest BCUT2D eigenvalue weighted by Crippen LogP contribution is -2.05. The molecule has 4 heteroatoms. The molecular weight excluding hydrogens is 263 g/mol. The summed E-state index contributed by atoms with van der Waals surface area (Å²) in [6, 6.07) is 4.43. The van der Waals surface area contributed by atoms with E-state index in [9.17, 15) is 9.18 Å². The van der Waals surface area contributed by atoms with Gasteiger partial charge in [-0.2, -0.15) is 0 Å². The lowest BCUT2D eigenvalue weighted by molar-refractivity contribution is -0.143. The van der Waals surface area contributed by atoms with Crippen LogP contribution in [-0.4, -0.2) is 12.6 Å². The van der Waals surface area contributed by atoms with Crippen molar-refractivity contribution in [2.45, 2.75) is 19.8 Å². The van der Waals surface area contributed by atoms with Crippen molar-refractivity contribution in [3.8, 4) is 0 Å². The van der Waals surface area contributed by atoms with E-state index in [4.69, 9.17) is 4.74 Å². The minimum absolute atomic E-state index is 0.256. The lowest BCUT2D eigenvalue weighted by atomic mass is 10.1. The molecule has 0 saturated carbocycles. The van der Waals surface area contributed by atoms with Crippen LogP contribution in [0.25, 0.3) is 0 Å². The summed E-state index contributed by atoms with van der Waals surface area (Å²) in [6.45, 7) is 2.14. The number of carbonyl (C=O) groups is 1. The van der Waals surface area contributed by atoms with E-state index in [0.29, 0.717) is 13.0 Å². The predicted molar refractivity (Wildman–Crippen MR) is 59.1 cm³/mol. The topological polar surface area (TPSA) is 26.3 Å². The fraction of sp³-hybridized carbons (Fsp3) is 0.364. The Hall–Kier alpha value is -0.900. The molecule has 0 bridgehead atoms. The number of halogens is 2. The van der Waals surface area contributed by atoms with Crippen molar-refractivity contribution in [2.75, 3.05) is 6.61 Å². The highest BCUT2D eigenvalue weighted by Gasteiger charge is 2.06. The number of benzene rings is 1. The van der Waals surface area contributed by atoms with Crippen LogP contribution in [0.4, 0.5) is 4.39 Å². The molecule has 0 aliphatic heterocycles. The minimum Gasteiger partial charge on any atom is -0.466 e. The molecule has 0 fully saturated rings. The van der Waals surface area contributed by atoms with E-state index in [2.05, 4.69) is 15.9 Å². The smallest absolute Gasteiger partial charge is 0.306 e. The van der Waals surface area contributed by atoms with E-state index in [1.54, 1.807) is 13.0 Å². The van der Waals surface area contributed by atoms with E-state index in [1.165, 1.54) is 12.1 Å². The van der Waals surface area contributed by atoms with E-state index in [-0.39, 0.29) is 18.2 Å². The van der Waals surface area contributed by atoms with Crippen molar-refractivity contribution in [1.82, 2.24) is 0 Å². The third-order valence-electron chi connectivity index (χ3n) is 1.91. The Labute approximate surface area is 96.6 Å². The Balaban J connectivity index is 2.57. The van der Waals surface area contributed by atoms with Crippen LogP contribution in [0, 0.1) is 5.82 Å². The molecule has 0 aliphatic carbocycles. The molecule has 0 unspecified atom stereocenters. The van der Waals surface area contributed by atoms with Crippen LogP contribution in [-0.2, 0) is 16.0 Å². The second-order valence-electron chi connectivity index (χ2n) is 3.04. The molecule has 0 amide bonds. The zero-order chi connectivity index (χ0) is 11.3. The molecule has 0 atom stereocenters. The van der Waals surface area contributed by atoms with Crippen LogP contribution >= 0.6 is 15.9 Å². The third kappa shape index (κ3) is 4.00. The van der Waals surface area contributed by atoms with E-state index in [0.717, 1.165) is 10.0 Å². The number of hydrogen-bond acceptors (Lipinski definition) is 2. The Bertz CT molecular complexity index is 352. The molecule has 0 aromatic heterocycles. The minimum atomic E-state index is -0.294. The maximum Gasteiger partial charge on any atom is 0.306 e. The van der Waals surface area contributed by atoms with Crippen molar-refractivity contribution in [1.29, 1.82) is 0 Å². The normalized spacial score (nSPS) is 10.1. The van der Waals surface area contributed by atoms with Crippen molar-refractivity contribution in [3.63, 3.8) is 0 Å². The molecule has 15 heavy (non-hydrogen) atoms. The molecule has 0 N–H and O–H groups in total. The Morgan fingerprint density at radius 1 is 1.53 bits per heavy atom. The summed E-state index contributed by atoms with van der Waals surface area (Å²) in [5.74, 6) is -0.550. The van der Waals surface area contributed by atoms with Gasteiger partial charge in [0.25, 0.3) is 0 Å². The summed E-state index contributed by atoms with van der Waals surface area (Å²) in [5, 5.41) is 0. The lowest BCUT2D eigenvalue weighted by Gasteiger charge is -2.04. The molecule has 1 aromatic rings. The first-order valence-electron chi connectivity index (χ1n) is 4.73. The summed E-state index contributed by atoms with van der Waals surface area (Å²) < 4.78 is 18.5. The average molecular weight is 275 g/mol. The van der Waals surface area contributed by atoms with Crippen LogP contribution in [0.1, 0.15) is 18.9 Å². The van der Waals surface area contributed by atoms with Crippen LogP contribution in [0.5, 0.6) is 0 Å². The number of aryl methyl sites for hydroxylation is 1. The summed E-state index contributed by atoms with van der Waals surface area (Å²) >= 11 is 3.30. The standard InChI is InChI=1S/C11H12BrFO2/c1-2-15-11(14)6-3-8-7-9(13)4-5-10(8)12/h4-5,7H,2-3,6H2,1H3. The van der Waals surface area contributed by atoms with Gasteiger partial charge in [-0.15, -0.1) is 0 Å². The quantitative estimate of drug-likeness (QED) is 0.789. The second kappa shape index (κ2) is 5.85. The van der Waals surface area contributed by atoms with Crippen molar-refractivity contribution in [2.24, 2.45) is 0 Å². The summed E-state index contributed by atoms with van der Waals surface area (Å²) in [5.41, 5.74) is 0.781. The van der Waals surface area contributed by atoms with Gasteiger partial charge in [-0.25, -0.2) is 4.39 Å². The third-order valence-corrected chi connectivity index (χ3v) is 2.69. The van der Waals surface area contributed by atoms with Crippen LogP contribution < -0.4 is 0 Å². The van der Waals surface area contributed by atoms with Gasteiger partial charge in [-0.3, -0.25) is 4.79 Å². The molecule has 0 heterocycles. The Morgan fingerprint density at radius 3 is 2.93 bits per heavy atom. The van der Waals surface area contributed by atoms with Gasteiger partial charge in [0.1, 0.15) is 5.82 Å². The number of ether oxygens (including phenoxy) is 1. The highest BCUT2D eigenvalue weighted by molar-refractivity contribution is 9.10. The maximum atomic E-state index is 12.9. The van der Waals surface area contributed by atoms with Gasteiger partial charge >= 0.3 is 5.97 Å². The highest BCUT2D eigenvalue weighted by Crippen LogP contribution is 2.19. The molecule has 0 spiro atoms. The van der Waals surface area contributed by atoms with Gasteiger partial charge in [0.2, 0.25) is 0 Å². The number of esters is 1. The molecule has 0 aliphatic rings. The van der Waals surface area contributed by atoms with E-state index < -0.39 is 0 Å². The molecule has 0 saturated heterocycles. The molecule has 1 aromatic carbocycles. The number of hydrogen-bond donors (Lipinski definition) is 0. The first kappa shape index (κ1) is 12.2. The molecule has 82 valence electrons. The van der Waals surface area contributed by atoms with E-state index in [1.807, 2.05) is 0 Å². The van der Waals surface area contributed by atoms with Crippen molar-refractivity contribution >= 4 is 21.9 Å². The first-order valence-corrected chi connectivity index (χ1v) is 5.52. The van der Waals surface area contributed by atoms with Crippen molar-refractivity contribution in [3.05, 3.63) is 34.1 Å². The Kier molecular flexibility index (Phi) is 4.75. The SMILES string of the molecule is CCOC(=O)CCc1cc(F)ccc1Br. The van der Waals surface area contributed by atoms with Crippen molar-refractivity contribution < 1.29 is 13.9 Å². The van der Waals surface area contributed by atoms with Gasteiger partial charge in [0.05, 0.1) is 6.61 Å². The van der Waals surface area contributed by atoms with Gasteiger partial charge in [0.15, 0.2) is 0 Å². The molecular formula is C11H12BrFO2. The van der Waals surface area contributed by atoms with Gasteiger partial charge in [-0.1, -0.05) is 15.9 Å². The predicted octanol–water partition coefficient (Wildman–Crippen LogP) is 3.08. The second-order valence-corrected chi connectivity index (χ2v) is 3.90. The average Bonchev–Trinajstić information content (AvgIpc) is 2.20. The molecule has 2 nitrogen and oxygen atoms in total. The molecule has 1 rings (SSSR count). The summed E-state index contributed by atoms with van der Waals surface area (Å²) in [6.07, 6.45) is 0.757. The zero-order valence-electron chi connectivity index (χ0n) is 8.43. The molecule has 0 radical (unpaired) electrons. The number of rotatable bonds is 4. The van der Waals surface area contributed by atoms with Gasteiger partial charge < -0.3 is 4.74 Å². The van der Waals surface area contributed by atoms with E-state index >= 15 is 0 Å². The van der Waals surface area contributed by atoms with Gasteiger partial charge in [-0.05, 0) is 37.1 Å². The van der Waals surface area contributed by atoms with Crippen LogP contribution in [0.15, 0.2) is 22.7 Å². The summed E-state index contributed by atoms with van der Waals surface area (Å²) in [4.78, 5) is 11.1. The monoisotopic (exact) mass is 274 g/mol. The number of carbonyl (C=O) groups excluding carboxylic acids is 1. The largest absolute Gasteiger partial charge is 0.466 e. The summed E-state index contributed by atoms with van der Waals surface area (Å²) in [7, 11) is 0. The fourth-order valence-electron chi connectivity index (χ4n) is 1.20. The zero-order valence-corrected chi connectivity index (χ0v) is 10.0. The fourth-order valence-corrected chi connectivity index (χ4v) is 1.65. The first-order chi connectivity index (χ1) is 7.13. The van der Waals surface area contributed by atoms with Gasteiger partial charge in [0, 0.05) is 10.9 Å². The van der Waals surface area contributed by atoms with Crippen LogP contribution in [0.3, 0.4) is 0 Å². The maximum absolute atomic E-state index is 12.9. The highest BCUT2D eigenvalue weighted by atomic mass is 79.9. The Morgan fingerprint density at radius 2 is 2.27 bits per heavy atom. The van der Waals surface area contributed by atoms with Crippen LogP contribution in [0.2, 0.25) is 0 Å².